The largest absolute Gasteiger partial charge is 0.462 e. The second-order valence-corrected chi connectivity index (χ2v) is 4.48. The van der Waals surface area contributed by atoms with Crippen molar-refractivity contribution in [3.8, 4) is 0 Å². The highest BCUT2D eigenvalue weighted by atomic mass is 19.1. The number of benzene rings is 1. The highest BCUT2D eigenvalue weighted by molar-refractivity contribution is 5.98. The number of carbonyl (C=O) groups excluding carboxylic acids is 1. The van der Waals surface area contributed by atoms with E-state index >= 15 is 0 Å². The molecule has 0 radical (unpaired) electrons. The van der Waals surface area contributed by atoms with Crippen molar-refractivity contribution in [1.82, 2.24) is 4.90 Å². The van der Waals surface area contributed by atoms with E-state index < -0.39 is 5.97 Å². The first kappa shape index (κ1) is 16.1. The molecule has 0 atom stereocenters. The smallest absolute Gasteiger partial charge is 0.347 e. The molecular weight excluding hydrogens is 263 g/mol. The Morgan fingerprint density at radius 1 is 1.30 bits per heavy atom. The average molecular weight is 282 g/mol. The quantitative estimate of drug-likeness (QED) is 0.434. The van der Waals surface area contributed by atoms with Crippen LogP contribution in [0.25, 0.3) is 0 Å². The lowest BCUT2D eigenvalue weighted by molar-refractivity contribution is -0.149. The molecule has 20 heavy (non-hydrogen) atoms. The van der Waals surface area contributed by atoms with Crippen LogP contribution >= 0.6 is 0 Å². The summed E-state index contributed by atoms with van der Waals surface area (Å²) in [4.78, 5) is 18.1. The van der Waals surface area contributed by atoms with E-state index in [1.54, 1.807) is 19.1 Å². The van der Waals surface area contributed by atoms with Crippen molar-refractivity contribution < 1.29 is 18.8 Å². The highest BCUT2D eigenvalue weighted by Crippen LogP contribution is 2.04. The molecule has 1 rings (SSSR count). The van der Waals surface area contributed by atoms with Gasteiger partial charge in [-0.25, -0.2) is 9.18 Å². The van der Waals surface area contributed by atoms with Gasteiger partial charge < -0.3 is 14.5 Å². The molecule has 0 aliphatic heterocycles. The lowest BCUT2D eigenvalue weighted by atomic mass is 10.1. The summed E-state index contributed by atoms with van der Waals surface area (Å²) in [7, 11) is 3.78. The fourth-order valence-corrected chi connectivity index (χ4v) is 1.31. The number of likely N-dealkylation sites (N-methyl/N-ethyl adjacent to an activating group) is 1. The van der Waals surface area contributed by atoms with Crippen LogP contribution in [0.5, 0.6) is 0 Å². The lowest BCUT2D eigenvalue weighted by Crippen LogP contribution is -2.21. The SMILES string of the molecule is C/C(=N\OCC(=O)OCCN(C)C)c1ccc(F)cc1. The summed E-state index contributed by atoms with van der Waals surface area (Å²) in [6.45, 7) is 2.44. The standard InChI is InChI=1S/C14H19FN2O3/c1-11(12-4-6-13(15)7-5-12)16-20-10-14(18)19-9-8-17(2)3/h4-7H,8-10H2,1-3H3/b16-11+. The maximum Gasteiger partial charge on any atom is 0.347 e. The number of esters is 1. The topological polar surface area (TPSA) is 51.1 Å². The molecule has 6 heteroatoms. The van der Waals surface area contributed by atoms with Crippen molar-refractivity contribution >= 4 is 11.7 Å². The van der Waals surface area contributed by atoms with Crippen LogP contribution in [0, 0.1) is 5.82 Å². The highest BCUT2D eigenvalue weighted by Gasteiger charge is 2.04. The molecular formula is C14H19FN2O3. The van der Waals surface area contributed by atoms with E-state index in [-0.39, 0.29) is 12.4 Å². The third-order valence-corrected chi connectivity index (χ3v) is 2.45. The number of rotatable bonds is 7. The van der Waals surface area contributed by atoms with Crippen LogP contribution in [0.1, 0.15) is 12.5 Å². The summed E-state index contributed by atoms with van der Waals surface area (Å²) in [6.07, 6.45) is 0. The van der Waals surface area contributed by atoms with Gasteiger partial charge >= 0.3 is 5.97 Å². The number of hydrogen-bond donors (Lipinski definition) is 0. The summed E-state index contributed by atoms with van der Waals surface area (Å²) in [5.41, 5.74) is 1.29. The maximum absolute atomic E-state index is 12.7. The van der Waals surface area contributed by atoms with Gasteiger partial charge in [0.2, 0.25) is 6.61 Å². The van der Waals surface area contributed by atoms with E-state index in [1.807, 2.05) is 19.0 Å². The molecule has 0 fully saturated rings. The van der Waals surface area contributed by atoms with Gasteiger partial charge in [-0.15, -0.1) is 0 Å². The third-order valence-electron chi connectivity index (χ3n) is 2.45. The fraction of sp³-hybridized carbons (Fsp3) is 0.429. The normalized spacial score (nSPS) is 11.6. The zero-order valence-electron chi connectivity index (χ0n) is 11.9. The summed E-state index contributed by atoms with van der Waals surface area (Å²) < 4.78 is 17.7. The van der Waals surface area contributed by atoms with E-state index in [4.69, 9.17) is 9.57 Å². The van der Waals surface area contributed by atoms with E-state index in [1.165, 1.54) is 12.1 Å². The number of carbonyl (C=O) groups is 1. The predicted octanol–water partition coefficient (Wildman–Crippen LogP) is 1.67. The Morgan fingerprint density at radius 3 is 2.55 bits per heavy atom. The predicted molar refractivity (Wildman–Crippen MR) is 74.1 cm³/mol. The van der Waals surface area contributed by atoms with Gasteiger partial charge in [-0.1, -0.05) is 17.3 Å². The monoisotopic (exact) mass is 282 g/mol. The van der Waals surface area contributed by atoms with Crippen molar-refractivity contribution in [1.29, 1.82) is 0 Å². The van der Waals surface area contributed by atoms with Crippen LogP contribution in [0.3, 0.4) is 0 Å². The van der Waals surface area contributed by atoms with Crippen LogP contribution in [-0.4, -0.2) is 50.4 Å². The van der Waals surface area contributed by atoms with Crippen LogP contribution in [0.4, 0.5) is 4.39 Å². The molecule has 0 aromatic heterocycles. The van der Waals surface area contributed by atoms with Crippen molar-refractivity contribution in [2.75, 3.05) is 33.9 Å². The first-order chi connectivity index (χ1) is 9.49. The van der Waals surface area contributed by atoms with Gasteiger partial charge in [-0.3, -0.25) is 0 Å². The zero-order valence-corrected chi connectivity index (χ0v) is 11.9. The van der Waals surface area contributed by atoms with Crippen LogP contribution in [-0.2, 0) is 14.4 Å². The van der Waals surface area contributed by atoms with Gasteiger partial charge in [0, 0.05) is 6.54 Å². The fourth-order valence-electron chi connectivity index (χ4n) is 1.31. The molecule has 0 amide bonds. The van der Waals surface area contributed by atoms with E-state index in [0.29, 0.717) is 18.9 Å². The first-order valence-electron chi connectivity index (χ1n) is 6.22. The Bertz CT molecular complexity index is 458. The molecule has 0 spiro atoms. The molecule has 5 nitrogen and oxygen atoms in total. The molecule has 0 N–H and O–H groups in total. The Hall–Kier alpha value is -1.95. The van der Waals surface area contributed by atoms with Crippen LogP contribution in [0.2, 0.25) is 0 Å². The van der Waals surface area contributed by atoms with E-state index in [9.17, 15) is 9.18 Å². The average Bonchev–Trinajstić information content (AvgIpc) is 2.39. The number of oxime groups is 1. The number of halogens is 1. The maximum atomic E-state index is 12.7. The summed E-state index contributed by atoms with van der Waals surface area (Å²) in [6, 6.07) is 5.85. The molecule has 1 aromatic carbocycles. The minimum absolute atomic E-state index is 0.244. The molecule has 0 heterocycles. The minimum atomic E-state index is -0.470. The number of ether oxygens (including phenoxy) is 1. The number of nitrogens with zero attached hydrogens (tertiary/aromatic N) is 2. The van der Waals surface area contributed by atoms with Crippen LogP contribution < -0.4 is 0 Å². The van der Waals surface area contributed by atoms with E-state index in [0.717, 1.165) is 5.56 Å². The van der Waals surface area contributed by atoms with Crippen molar-refractivity contribution in [2.45, 2.75) is 6.92 Å². The summed E-state index contributed by atoms with van der Waals surface area (Å²) >= 11 is 0. The van der Waals surface area contributed by atoms with Gasteiger partial charge in [0.25, 0.3) is 0 Å². The minimum Gasteiger partial charge on any atom is -0.462 e. The lowest BCUT2D eigenvalue weighted by Gasteiger charge is -2.09. The van der Waals surface area contributed by atoms with Crippen molar-refractivity contribution in [3.05, 3.63) is 35.6 Å². The molecule has 0 saturated carbocycles. The molecule has 0 aliphatic rings. The summed E-state index contributed by atoms with van der Waals surface area (Å²) in [5, 5.41) is 3.79. The Labute approximate surface area is 118 Å². The third kappa shape index (κ3) is 6.29. The van der Waals surface area contributed by atoms with Gasteiger partial charge in [0.15, 0.2) is 0 Å². The molecule has 110 valence electrons. The Morgan fingerprint density at radius 2 is 1.95 bits per heavy atom. The summed E-state index contributed by atoms with van der Waals surface area (Å²) in [5.74, 6) is -0.783. The van der Waals surface area contributed by atoms with Crippen molar-refractivity contribution in [3.63, 3.8) is 0 Å². The first-order valence-corrected chi connectivity index (χ1v) is 6.22. The van der Waals surface area contributed by atoms with Gasteiger partial charge in [-0.2, -0.15) is 0 Å². The second-order valence-electron chi connectivity index (χ2n) is 4.48. The van der Waals surface area contributed by atoms with Gasteiger partial charge in [0.05, 0.1) is 5.71 Å². The Kier molecular flexibility index (Phi) is 6.66. The second kappa shape index (κ2) is 8.27. The molecule has 0 bridgehead atoms. The molecule has 1 aromatic rings. The number of hydrogen-bond acceptors (Lipinski definition) is 5. The molecule has 0 unspecified atom stereocenters. The molecule has 0 aliphatic carbocycles. The van der Waals surface area contributed by atoms with Crippen LogP contribution in [0.15, 0.2) is 29.4 Å². The van der Waals surface area contributed by atoms with Crippen molar-refractivity contribution in [2.24, 2.45) is 5.16 Å². The Balaban J connectivity index is 2.33. The van der Waals surface area contributed by atoms with Gasteiger partial charge in [-0.05, 0) is 38.7 Å². The van der Waals surface area contributed by atoms with E-state index in [2.05, 4.69) is 5.16 Å². The van der Waals surface area contributed by atoms with Gasteiger partial charge in [0.1, 0.15) is 12.4 Å². The molecule has 0 saturated heterocycles. The zero-order chi connectivity index (χ0) is 15.0.